The molecular formula is C34H43N3O5. The third-order valence-corrected chi connectivity index (χ3v) is 6.24. The first kappa shape index (κ1) is 32.2. The Balaban J connectivity index is 1.67. The Bertz CT molecular complexity index is 1270. The fraction of sp³-hybridized carbons (Fsp3) is 0.382. The third kappa shape index (κ3) is 11.6. The quantitative estimate of drug-likeness (QED) is 0.233. The maximum Gasteiger partial charge on any atom is 0.329 e. The molecule has 3 amide bonds. The van der Waals surface area contributed by atoms with Gasteiger partial charge in [0, 0.05) is 13.0 Å². The van der Waals surface area contributed by atoms with E-state index >= 15 is 0 Å². The summed E-state index contributed by atoms with van der Waals surface area (Å²) in [4.78, 5) is 39.3. The van der Waals surface area contributed by atoms with Gasteiger partial charge in [0.05, 0.1) is 0 Å². The monoisotopic (exact) mass is 573 g/mol. The number of benzene rings is 3. The van der Waals surface area contributed by atoms with Crippen LogP contribution in [0.4, 0.5) is 4.79 Å². The fourth-order valence-electron chi connectivity index (χ4n) is 4.23. The highest BCUT2D eigenvalue weighted by atomic mass is 16.6. The second-order valence-electron chi connectivity index (χ2n) is 11.7. The van der Waals surface area contributed by atoms with Crippen LogP contribution in [0.3, 0.4) is 0 Å². The Morgan fingerprint density at radius 2 is 1.33 bits per heavy atom. The molecule has 0 fully saturated rings. The molecule has 0 radical (unpaired) electrons. The number of carbonyl (C=O) groups is 3. The van der Waals surface area contributed by atoms with Crippen molar-refractivity contribution in [2.24, 2.45) is 5.92 Å². The predicted octanol–water partition coefficient (Wildman–Crippen LogP) is 5.55. The van der Waals surface area contributed by atoms with Crippen LogP contribution >= 0.6 is 0 Å². The number of hydrogen-bond donors (Lipinski definition) is 3. The summed E-state index contributed by atoms with van der Waals surface area (Å²) in [5, 5.41) is 8.42. The zero-order valence-electron chi connectivity index (χ0n) is 25.2. The van der Waals surface area contributed by atoms with Crippen LogP contribution in [0, 0.1) is 5.92 Å². The molecule has 3 N–H and O–H groups in total. The van der Waals surface area contributed by atoms with Crippen molar-refractivity contribution in [2.75, 3.05) is 0 Å². The van der Waals surface area contributed by atoms with Crippen molar-refractivity contribution in [1.29, 1.82) is 0 Å². The molecule has 0 aliphatic heterocycles. The van der Waals surface area contributed by atoms with Gasteiger partial charge in [0.1, 0.15) is 30.0 Å². The molecule has 3 aromatic carbocycles. The first-order valence-corrected chi connectivity index (χ1v) is 14.4. The van der Waals surface area contributed by atoms with Gasteiger partial charge in [-0.3, -0.25) is 4.79 Å². The third-order valence-electron chi connectivity index (χ3n) is 6.24. The van der Waals surface area contributed by atoms with E-state index in [0.717, 1.165) is 16.7 Å². The zero-order valence-corrected chi connectivity index (χ0v) is 25.2. The number of hydrogen-bond acceptors (Lipinski definition) is 5. The average molecular weight is 574 g/mol. The van der Waals surface area contributed by atoms with Crippen molar-refractivity contribution in [3.63, 3.8) is 0 Å². The average Bonchev–Trinajstić information content (AvgIpc) is 2.95. The molecule has 0 heterocycles. The Kier molecular flexibility index (Phi) is 12.0. The second-order valence-corrected chi connectivity index (χ2v) is 11.7. The smallest absolute Gasteiger partial charge is 0.329 e. The number of carbonyl (C=O) groups excluding carboxylic acids is 3. The summed E-state index contributed by atoms with van der Waals surface area (Å²) in [6.07, 6.45) is 0.618. The Morgan fingerprint density at radius 1 is 0.738 bits per heavy atom. The van der Waals surface area contributed by atoms with Crippen LogP contribution in [0.2, 0.25) is 0 Å². The van der Waals surface area contributed by atoms with Gasteiger partial charge in [0.25, 0.3) is 0 Å². The van der Waals surface area contributed by atoms with E-state index in [0.29, 0.717) is 25.3 Å². The van der Waals surface area contributed by atoms with Crippen LogP contribution in [0.5, 0.6) is 5.75 Å². The number of urea groups is 1. The van der Waals surface area contributed by atoms with Crippen molar-refractivity contribution in [2.45, 2.75) is 78.3 Å². The molecule has 0 saturated carbocycles. The van der Waals surface area contributed by atoms with Gasteiger partial charge in [-0.05, 0) is 61.9 Å². The van der Waals surface area contributed by atoms with Gasteiger partial charge in [-0.25, -0.2) is 9.59 Å². The number of nitrogens with one attached hydrogen (secondary N) is 3. The molecule has 0 aliphatic rings. The van der Waals surface area contributed by atoms with E-state index in [9.17, 15) is 14.4 Å². The highest BCUT2D eigenvalue weighted by molar-refractivity contribution is 5.90. The molecule has 0 aliphatic carbocycles. The van der Waals surface area contributed by atoms with Crippen molar-refractivity contribution in [3.05, 3.63) is 102 Å². The first-order valence-electron chi connectivity index (χ1n) is 14.4. The molecule has 0 bridgehead atoms. The van der Waals surface area contributed by atoms with E-state index in [1.54, 1.807) is 20.8 Å². The normalized spacial score (nSPS) is 12.6. The molecule has 0 aromatic heterocycles. The Hall–Kier alpha value is -4.33. The van der Waals surface area contributed by atoms with Gasteiger partial charge >= 0.3 is 12.0 Å². The van der Waals surface area contributed by atoms with Gasteiger partial charge < -0.3 is 25.4 Å². The summed E-state index contributed by atoms with van der Waals surface area (Å²) in [5.41, 5.74) is 2.10. The SMILES string of the molecule is CC(C)C[C@H](NC(=O)NCc1ccccc1)C(=O)N[C@@H](Cc1ccc(OCc2ccccc2)cc1)C(=O)OC(C)(C)C. The van der Waals surface area contributed by atoms with E-state index in [-0.39, 0.29) is 12.3 Å². The lowest BCUT2D eigenvalue weighted by Crippen LogP contribution is -2.55. The van der Waals surface area contributed by atoms with Crippen LogP contribution < -0.4 is 20.7 Å². The second kappa shape index (κ2) is 15.6. The molecule has 224 valence electrons. The van der Waals surface area contributed by atoms with E-state index in [2.05, 4.69) is 16.0 Å². The first-order chi connectivity index (χ1) is 20.0. The molecule has 3 aromatic rings. The van der Waals surface area contributed by atoms with Crippen molar-refractivity contribution in [1.82, 2.24) is 16.0 Å². The maximum atomic E-state index is 13.5. The maximum absolute atomic E-state index is 13.5. The molecule has 0 unspecified atom stereocenters. The standard InChI is InChI=1S/C34H43N3O5/c1-24(2)20-29(37-33(40)35-22-26-12-8-6-9-13-26)31(38)36-30(32(39)42-34(3,4)5)21-25-16-18-28(19-17-25)41-23-27-14-10-7-11-15-27/h6-19,24,29-30H,20-23H2,1-5H3,(H,36,38)(H2,35,37,40)/t29-,30-/m0/s1. The summed E-state index contributed by atoms with van der Waals surface area (Å²) < 4.78 is 11.5. The van der Waals surface area contributed by atoms with Gasteiger partial charge in [-0.15, -0.1) is 0 Å². The molecule has 0 spiro atoms. The van der Waals surface area contributed by atoms with E-state index < -0.39 is 35.6 Å². The summed E-state index contributed by atoms with van der Waals surface area (Å²) in [5.74, 6) is -0.170. The topological polar surface area (TPSA) is 106 Å². The molecule has 0 saturated heterocycles. The van der Waals surface area contributed by atoms with E-state index in [1.807, 2.05) is 98.8 Å². The van der Waals surface area contributed by atoms with Crippen LogP contribution in [0.1, 0.15) is 57.7 Å². The van der Waals surface area contributed by atoms with Crippen molar-refractivity contribution >= 4 is 17.9 Å². The van der Waals surface area contributed by atoms with Gasteiger partial charge in [0.2, 0.25) is 5.91 Å². The van der Waals surface area contributed by atoms with Crippen LogP contribution in [0.15, 0.2) is 84.9 Å². The largest absolute Gasteiger partial charge is 0.489 e. The van der Waals surface area contributed by atoms with E-state index in [1.165, 1.54) is 0 Å². The molecular weight excluding hydrogens is 530 g/mol. The van der Waals surface area contributed by atoms with Crippen LogP contribution in [-0.2, 0) is 33.9 Å². The lowest BCUT2D eigenvalue weighted by atomic mass is 10.0. The Morgan fingerprint density at radius 3 is 1.90 bits per heavy atom. The lowest BCUT2D eigenvalue weighted by Gasteiger charge is -2.27. The van der Waals surface area contributed by atoms with Crippen LogP contribution in [0.25, 0.3) is 0 Å². The minimum Gasteiger partial charge on any atom is -0.489 e. The number of rotatable bonds is 13. The molecule has 3 rings (SSSR count). The highest BCUT2D eigenvalue weighted by Gasteiger charge is 2.30. The minimum absolute atomic E-state index is 0.124. The molecule has 42 heavy (non-hydrogen) atoms. The van der Waals surface area contributed by atoms with E-state index in [4.69, 9.17) is 9.47 Å². The summed E-state index contributed by atoms with van der Waals surface area (Å²) in [6.45, 7) is 10.1. The van der Waals surface area contributed by atoms with Gasteiger partial charge in [-0.1, -0.05) is 86.6 Å². The zero-order chi connectivity index (χ0) is 30.5. The summed E-state index contributed by atoms with van der Waals surface area (Å²) in [6, 6.07) is 24.6. The molecule has 2 atom stereocenters. The highest BCUT2D eigenvalue weighted by Crippen LogP contribution is 2.17. The number of amides is 3. The summed E-state index contributed by atoms with van der Waals surface area (Å²) >= 11 is 0. The number of ether oxygens (including phenoxy) is 2. The predicted molar refractivity (Wildman–Crippen MR) is 164 cm³/mol. The Labute approximate surface area is 249 Å². The summed E-state index contributed by atoms with van der Waals surface area (Å²) in [7, 11) is 0. The minimum atomic E-state index is -0.948. The van der Waals surface area contributed by atoms with Crippen molar-refractivity contribution < 1.29 is 23.9 Å². The lowest BCUT2D eigenvalue weighted by molar-refractivity contribution is -0.158. The van der Waals surface area contributed by atoms with Crippen molar-refractivity contribution in [3.8, 4) is 5.75 Å². The fourth-order valence-corrected chi connectivity index (χ4v) is 4.23. The van der Waals surface area contributed by atoms with Gasteiger partial charge in [-0.2, -0.15) is 0 Å². The number of esters is 1. The van der Waals surface area contributed by atoms with Gasteiger partial charge in [0.15, 0.2) is 0 Å². The molecule has 8 nitrogen and oxygen atoms in total. The van der Waals surface area contributed by atoms with Crippen LogP contribution in [-0.4, -0.2) is 35.6 Å². The molecule has 8 heteroatoms.